The van der Waals surface area contributed by atoms with Crippen LogP contribution in [0.4, 0.5) is 4.39 Å². The summed E-state index contributed by atoms with van der Waals surface area (Å²) in [4.78, 5) is 18.6. The van der Waals surface area contributed by atoms with Gasteiger partial charge in [0.15, 0.2) is 5.82 Å². The second-order valence-electron chi connectivity index (χ2n) is 7.59. The zero-order valence-electron chi connectivity index (χ0n) is 15.1. The minimum absolute atomic E-state index is 0.118. The highest BCUT2D eigenvalue weighted by Gasteiger charge is 2.44. The highest BCUT2D eigenvalue weighted by molar-refractivity contribution is 5.75. The normalized spacial score (nSPS) is 19.5. The van der Waals surface area contributed by atoms with Crippen molar-refractivity contribution in [2.75, 3.05) is 13.1 Å². The molecule has 138 valence electrons. The van der Waals surface area contributed by atoms with E-state index in [2.05, 4.69) is 10.1 Å². The molecule has 1 aromatic heterocycles. The lowest BCUT2D eigenvalue weighted by molar-refractivity contribution is -0.132. The summed E-state index contributed by atoms with van der Waals surface area (Å²) in [6.07, 6.45) is 5.88. The van der Waals surface area contributed by atoms with Crippen LogP contribution in [0.1, 0.15) is 51.3 Å². The molecular formula is C20H24FN3O2. The lowest BCUT2D eigenvalue weighted by atomic mass is 9.73. The molecule has 1 saturated carbocycles. The SMILES string of the molecule is CCC(=O)N1CCC(CC2CC2)(c2noc(-c3ccc(F)cc3)n2)CC1. The fourth-order valence-electron chi connectivity index (χ4n) is 3.95. The van der Waals surface area contributed by atoms with Gasteiger partial charge in [-0.3, -0.25) is 4.79 Å². The van der Waals surface area contributed by atoms with Gasteiger partial charge in [-0.2, -0.15) is 4.98 Å². The number of nitrogens with zero attached hydrogens (tertiary/aromatic N) is 3. The van der Waals surface area contributed by atoms with E-state index in [-0.39, 0.29) is 17.1 Å². The summed E-state index contributed by atoms with van der Waals surface area (Å²) in [5, 5.41) is 4.30. The average molecular weight is 357 g/mol. The van der Waals surface area contributed by atoms with Gasteiger partial charge in [0.1, 0.15) is 5.82 Å². The van der Waals surface area contributed by atoms with Crippen molar-refractivity contribution in [3.63, 3.8) is 0 Å². The Morgan fingerprint density at radius 1 is 1.27 bits per heavy atom. The van der Waals surface area contributed by atoms with Crippen LogP contribution in [0.2, 0.25) is 0 Å². The highest BCUT2D eigenvalue weighted by atomic mass is 19.1. The molecule has 2 aliphatic rings. The van der Waals surface area contributed by atoms with E-state index in [9.17, 15) is 9.18 Å². The molecule has 1 aliphatic heterocycles. The maximum Gasteiger partial charge on any atom is 0.257 e. The summed E-state index contributed by atoms with van der Waals surface area (Å²) < 4.78 is 18.6. The Morgan fingerprint density at radius 2 is 1.96 bits per heavy atom. The van der Waals surface area contributed by atoms with Gasteiger partial charge in [-0.25, -0.2) is 4.39 Å². The van der Waals surface area contributed by atoms with E-state index >= 15 is 0 Å². The summed E-state index contributed by atoms with van der Waals surface area (Å²) in [6, 6.07) is 6.10. The third kappa shape index (κ3) is 3.37. The van der Waals surface area contributed by atoms with E-state index in [1.807, 2.05) is 11.8 Å². The van der Waals surface area contributed by atoms with Crippen LogP contribution in [0.3, 0.4) is 0 Å². The molecule has 0 bridgehead atoms. The first-order valence-electron chi connectivity index (χ1n) is 9.47. The first-order chi connectivity index (χ1) is 12.6. The van der Waals surface area contributed by atoms with Gasteiger partial charge in [0, 0.05) is 30.5 Å². The number of carbonyl (C=O) groups is 1. The number of piperidine rings is 1. The van der Waals surface area contributed by atoms with Crippen LogP contribution in [0.5, 0.6) is 0 Å². The molecule has 2 heterocycles. The maximum absolute atomic E-state index is 13.1. The van der Waals surface area contributed by atoms with Crippen LogP contribution >= 0.6 is 0 Å². The molecule has 1 saturated heterocycles. The number of carbonyl (C=O) groups excluding carboxylic acids is 1. The highest BCUT2D eigenvalue weighted by Crippen LogP contribution is 2.46. The Bertz CT molecular complexity index is 775. The van der Waals surface area contributed by atoms with Crippen molar-refractivity contribution in [2.45, 2.75) is 50.9 Å². The molecule has 0 radical (unpaired) electrons. The predicted octanol–water partition coefficient (Wildman–Crippen LogP) is 3.95. The van der Waals surface area contributed by atoms with E-state index in [0.717, 1.165) is 49.7 Å². The Balaban J connectivity index is 1.57. The van der Waals surface area contributed by atoms with Crippen LogP contribution in [0, 0.1) is 11.7 Å². The number of halogens is 1. The van der Waals surface area contributed by atoms with Crippen molar-refractivity contribution in [3.8, 4) is 11.5 Å². The van der Waals surface area contributed by atoms with Gasteiger partial charge in [-0.1, -0.05) is 24.9 Å². The average Bonchev–Trinajstić information content (AvgIpc) is 3.33. The molecule has 5 nitrogen and oxygen atoms in total. The van der Waals surface area contributed by atoms with Crippen LogP contribution in [-0.2, 0) is 10.2 Å². The Kier molecular flexibility index (Phi) is 4.51. The number of amides is 1. The monoisotopic (exact) mass is 357 g/mol. The zero-order valence-corrected chi connectivity index (χ0v) is 15.1. The van der Waals surface area contributed by atoms with Gasteiger partial charge in [0.25, 0.3) is 5.89 Å². The summed E-state index contributed by atoms with van der Waals surface area (Å²) in [5.74, 6) is 1.84. The number of hydrogen-bond acceptors (Lipinski definition) is 4. The lowest BCUT2D eigenvalue weighted by Gasteiger charge is -2.40. The van der Waals surface area contributed by atoms with Crippen LogP contribution in [-0.4, -0.2) is 34.0 Å². The Labute approximate surface area is 152 Å². The second kappa shape index (κ2) is 6.82. The molecule has 6 heteroatoms. The van der Waals surface area contributed by atoms with Gasteiger partial charge < -0.3 is 9.42 Å². The predicted molar refractivity (Wildman–Crippen MR) is 94.8 cm³/mol. The minimum Gasteiger partial charge on any atom is -0.343 e. The molecule has 1 aliphatic carbocycles. The molecule has 1 amide bonds. The third-order valence-electron chi connectivity index (χ3n) is 5.74. The number of aromatic nitrogens is 2. The van der Waals surface area contributed by atoms with E-state index in [0.29, 0.717) is 12.3 Å². The van der Waals surface area contributed by atoms with Crippen molar-refractivity contribution < 1.29 is 13.7 Å². The van der Waals surface area contributed by atoms with Crippen molar-refractivity contribution in [1.82, 2.24) is 15.0 Å². The first-order valence-corrected chi connectivity index (χ1v) is 9.47. The molecular weight excluding hydrogens is 333 g/mol. The van der Waals surface area contributed by atoms with Crippen LogP contribution < -0.4 is 0 Å². The van der Waals surface area contributed by atoms with Gasteiger partial charge in [-0.05, 0) is 49.4 Å². The van der Waals surface area contributed by atoms with Gasteiger partial charge in [-0.15, -0.1) is 0 Å². The van der Waals surface area contributed by atoms with Crippen LogP contribution in [0.25, 0.3) is 11.5 Å². The molecule has 0 atom stereocenters. The molecule has 0 spiro atoms. The fraction of sp³-hybridized carbons (Fsp3) is 0.550. The largest absolute Gasteiger partial charge is 0.343 e. The van der Waals surface area contributed by atoms with E-state index in [4.69, 9.17) is 4.52 Å². The topological polar surface area (TPSA) is 59.2 Å². The third-order valence-corrected chi connectivity index (χ3v) is 5.74. The smallest absolute Gasteiger partial charge is 0.257 e. The molecule has 0 unspecified atom stereocenters. The second-order valence-corrected chi connectivity index (χ2v) is 7.59. The molecule has 26 heavy (non-hydrogen) atoms. The molecule has 2 fully saturated rings. The van der Waals surface area contributed by atoms with E-state index in [1.165, 1.54) is 25.0 Å². The van der Waals surface area contributed by atoms with Crippen molar-refractivity contribution in [2.24, 2.45) is 5.92 Å². The summed E-state index contributed by atoms with van der Waals surface area (Å²) in [6.45, 7) is 3.40. The van der Waals surface area contributed by atoms with Gasteiger partial charge in [0.05, 0.1) is 0 Å². The summed E-state index contributed by atoms with van der Waals surface area (Å²) in [7, 11) is 0. The number of hydrogen-bond donors (Lipinski definition) is 0. The van der Waals surface area contributed by atoms with Gasteiger partial charge >= 0.3 is 0 Å². The van der Waals surface area contributed by atoms with Crippen molar-refractivity contribution in [1.29, 1.82) is 0 Å². The van der Waals surface area contributed by atoms with E-state index in [1.54, 1.807) is 12.1 Å². The number of rotatable bonds is 5. The Morgan fingerprint density at radius 3 is 2.58 bits per heavy atom. The zero-order chi connectivity index (χ0) is 18.1. The summed E-state index contributed by atoms with van der Waals surface area (Å²) >= 11 is 0. The standard InChI is InChI=1S/C20H24FN3O2/c1-2-17(25)24-11-9-20(10-12-24,13-14-3-4-14)19-22-18(26-23-19)15-5-7-16(21)8-6-15/h5-8,14H,2-4,9-13H2,1H3. The van der Waals surface area contributed by atoms with Crippen LogP contribution in [0.15, 0.2) is 28.8 Å². The van der Waals surface area contributed by atoms with Crippen molar-refractivity contribution >= 4 is 5.91 Å². The van der Waals surface area contributed by atoms with E-state index < -0.39 is 0 Å². The first kappa shape index (κ1) is 17.2. The molecule has 1 aromatic carbocycles. The minimum atomic E-state index is -0.286. The fourth-order valence-corrected chi connectivity index (χ4v) is 3.95. The summed E-state index contributed by atoms with van der Waals surface area (Å²) in [5.41, 5.74) is 0.610. The molecule has 2 aromatic rings. The molecule has 4 rings (SSSR count). The quantitative estimate of drug-likeness (QED) is 0.813. The Hall–Kier alpha value is -2.24. The maximum atomic E-state index is 13.1. The van der Waals surface area contributed by atoms with Crippen molar-refractivity contribution in [3.05, 3.63) is 35.9 Å². The van der Waals surface area contributed by atoms with Gasteiger partial charge in [0.2, 0.25) is 5.91 Å². The molecule has 0 N–H and O–H groups in total. The lowest BCUT2D eigenvalue weighted by Crippen LogP contribution is -2.45. The number of benzene rings is 1. The number of likely N-dealkylation sites (tertiary alicyclic amines) is 1.